The Labute approximate surface area is 129 Å². The summed E-state index contributed by atoms with van der Waals surface area (Å²) in [6.45, 7) is 0. The van der Waals surface area contributed by atoms with Crippen LogP contribution in [0, 0.1) is 17.8 Å². The molecule has 3 aliphatic carbocycles. The van der Waals surface area contributed by atoms with Gasteiger partial charge in [0, 0.05) is 10.2 Å². The van der Waals surface area contributed by atoms with Crippen LogP contribution >= 0.6 is 0 Å². The highest BCUT2D eigenvalue weighted by Crippen LogP contribution is 2.59. The van der Waals surface area contributed by atoms with E-state index in [-0.39, 0.29) is 0 Å². The lowest BCUT2D eigenvalue weighted by Crippen LogP contribution is -2.41. The van der Waals surface area contributed by atoms with Gasteiger partial charge in [-0.15, -0.1) is 0 Å². The quantitative estimate of drug-likeness (QED) is 0.554. The van der Waals surface area contributed by atoms with E-state index in [0.717, 1.165) is 17.8 Å². The van der Waals surface area contributed by atoms with E-state index in [9.17, 15) is 0 Å². The second-order valence-electron chi connectivity index (χ2n) is 7.94. The average Bonchev–Trinajstić information content (AvgIpc) is 2.56. The molecular formula is C19H33Si. The minimum Gasteiger partial charge on any atom is -0.0533 e. The number of hydrogen-bond donors (Lipinski definition) is 0. The van der Waals surface area contributed by atoms with Crippen molar-refractivity contribution in [2.75, 3.05) is 0 Å². The molecule has 0 bridgehead atoms. The molecule has 0 nitrogen and oxygen atoms in total. The topological polar surface area (TPSA) is 0 Å². The zero-order chi connectivity index (χ0) is 13.8. The van der Waals surface area contributed by atoms with Crippen molar-refractivity contribution in [1.29, 1.82) is 0 Å². The Bertz CT molecular complexity index is 235. The van der Waals surface area contributed by atoms with E-state index < -0.39 is 0 Å². The van der Waals surface area contributed by atoms with E-state index >= 15 is 0 Å². The molecule has 113 valence electrons. The van der Waals surface area contributed by atoms with Crippen LogP contribution in [0.25, 0.3) is 0 Å². The normalized spacial score (nSPS) is 28.6. The van der Waals surface area contributed by atoms with Gasteiger partial charge in [0.15, 0.2) is 0 Å². The fourth-order valence-corrected chi connectivity index (χ4v) is 6.61. The van der Waals surface area contributed by atoms with Crippen LogP contribution in [0.4, 0.5) is 0 Å². The zero-order valence-electron chi connectivity index (χ0n) is 13.3. The van der Waals surface area contributed by atoms with E-state index in [4.69, 9.17) is 0 Å². The van der Waals surface area contributed by atoms with Crippen molar-refractivity contribution in [2.24, 2.45) is 17.8 Å². The average molecular weight is 290 g/mol. The minimum absolute atomic E-state index is 0.515. The van der Waals surface area contributed by atoms with Crippen molar-refractivity contribution in [3.63, 3.8) is 0 Å². The highest BCUT2D eigenvalue weighted by atomic mass is 28.1. The van der Waals surface area contributed by atoms with Crippen LogP contribution in [0.1, 0.15) is 96.3 Å². The smallest absolute Gasteiger partial charge is 0.0324 e. The predicted octanol–water partition coefficient (Wildman–Crippen LogP) is 6.05. The Hall–Kier alpha value is 0.217. The molecule has 3 aliphatic rings. The third-order valence-electron chi connectivity index (χ3n) is 6.84. The fraction of sp³-hybridized carbons (Fsp3) is 1.00. The molecule has 20 heavy (non-hydrogen) atoms. The summed E-state index contributed by atoms with van der Waals surface area (Å²) in [5.74, 6) is 2.96. The molecule has 0 saturated heterocycles. The molecule has 0 heterocycles. The number of rotatable bonds is 3. The van der Waals surface area contributed by atoms with Crippen molar-refractivity contribution >= 4 is 10.2 Å². The van der Waals surface area contributed by atoms with Gasteiger partial charge in [0.1, 0.15) is 0 Å². The third-order valence-corrected chi connectivity index (χ3v) is 8.07. The molecule has 0 amide bonds. The molecule has 0 aliphatic heterocycles. The van der Waals surface area contributed by atoms with Crippen molar-refractivity contribution in [3.8, 4) is 0 Å². The van der Waals surface area contributed by atoms with E-state index in [1.807, 2.05) is 0 Å². The Morgan fingerprint density at radius 3 is 0.950 bits per heavy atom. The standard InChI is InChI=1S/C19H33Si/c20-19(16-10-4-1-5-11-16,17-12-6-2-7-13-17)18-14-8-3-9-15-18/h16-18H,1-15H2. The second kappa shape index (κ2) is 6.98. The summed E-state index contributed by atoms with van der Waals surface area (Å²) in [5, 5.41) is 0.515. The lowest BCUT2D eigenvalue weighted by molar-refractivity contribution is 0.0851. The largest absolute Gasteiger partial charge is 0.0533 e. The molecule has 0 aromatic heterocycles. The molecular weight excluding hydrogens is 256 g/mol. The number of hydrogen-bond acceptors (Lipinski definition) is 0. The van der Waals surface area contributed by atoms with Crippen molar-refractivity contribution in [1.82, 2.24) is 0 Å². The molecule has 0 spiro atoms. The second-order valence-corrected chi connectivity index (χ2v) is 8.80. The zero-order valence-corrected chi connectivity index (χ0v) is 14.3. The fourth-order valence-electron chi connectivity index (χ4n) is 5.74. The maximum absolute atomic E-state index is 4.53. The summed E-state index contributed by atoms with van der Waals surface area (Å²) in [7, 11) is 4.53. The molecule has 0 unspecified atom stereocenters. The molecule has 0 aromatic rings. The Morgan fingerprint density at radius 2 is 0.700 bits per heavy atom. The van der Waals surface area contributed by atoms with Gasteiger partial charge in [0.2, 0.25) is 0 Å². The first-order chi connectivity index (χ1) is 9.82. The van der Waals surface area contributed by atoms with Crippen LogP contribution in [-0.2, 0) is 0 Å². The SMILES string of the molecule is [Si]C(C1CCCCC1)(C1CCCCC1)C1CCCCC1. The van der Waals surface area contributed by atoms with Gasteiger partial charge >= 0.3 is 0 Å². The highest BCUT2D eigenvalue weighted by Gasteiger charge is 2.46. The van der Waals surface area contributed by atoms with E-state index in [1.165, 1.54) is 96.3 Å². The Kier molecular flexibility index (Phi) is 5.28. The molecule has 3 radical (unpaired) electrons. The molecule has 3 saturated carbocycles. The summed E-state index contributed by atoms with van der Waals surface area (Å²) in [6, 6.07) is 0. The van der Waals surface area contributed by atoms with Crippen LogP contribution in [0.5, 0.6) is 0 Å². The monoisotopic (exact) mass is 289 g/mol. The third kappa shape index (κ3) is 3.03. The first-order valence-electron chi connectivity index (χ1n) is 9.57. The molecule has 3 rings (SSSR count). The molecule has 3 fully saturated rings. The van der Waals surface area contributed by atoms with Gasteiger partial charge in [-0.2, -0.15) is 0 Å². The van der Waals surface area contributed by atoms with Gasteiger partial charge in [-0.3, -0.25) is 0 Å². The Balaban J connectivity index is 1.79. The molecule has 0 atom stereocenters. The van der Waals surface area contributed by atoms with Crippen molar-refractivity contribution in [2.45, 2.75) is 101 Å². The maximum atomic E-state index is 4.53. The van der Waals surface area contributed by atoms with Gasteiger partial charge in [-0.05, 0) is 22.8 Å². The summed E-state index contributed by atoms with van der Waals surface area (Å²) in [6.07, 6.45) is 22.5. The highest BCUT2D eigenvalue weighted by molar-refractivity contribution is 6.16. The first kappa shape index (κ1) is 15.1. The van der Waals surface area contributed by atoms with Crippen LogP contribution in [0.2, 0.25) is 5.04 Å². The van der Waals surface area contributed by atoms with Crippen LogP contribution in [-0.4, -0.2) is 10.2 Å². The van der Waals surface area contributed by atoms with Crippen molar-refractivity contribution < 1.29 is 0 Å². The predicted molar refractivity (Wildman–Crippen MR) is 88.2 cm³/mol. The lowest BCUT2D eigenvalue weighted by Gasteiger charge is -2.53. The van der Waals surface area contributed by atoms with E-state index in [1.54, 1.807) is 0 Å². The summed E-state index contributed by atoms with van der Waals surface area (Å²) in [5.41, 5.74) is 0. The van der Waals surface area contributed by atoms with Gasteiger partial charge in [0.05, 0.1) is 0 Å². The van der Waals surface area contributed by atoms with Crippen LogP contribution in [0.3, 0.4) is 0 Å². The van der Waals surface area contributed by atoms with Crippen LogP contribution in [0.15, 0.2) is 0 Å². The van der Waals surface area contributed by atoms with Crippen molar-refractivity contribution in [3.05, 3.63) is 0 Å². The maximum Gasteiger partial charge on any atom is 0.0324 e. The summed E-state index contributed by atoms with van der Waals surface area (Å²) >= 11 is 0. The van der Waals surface area contributed by atoms with Crippen LogP contribution < -0.4 is 0 Å². The van der Waals surface area contributed by atoms with Gasteiger partial charge in [-0.1, -0.05) is 96.3 Å². The minimum atomic E-state index is 0.515. The summed E-state index contributed by atoms with van der Waals surface area (Å²) < 4.78 is 0. The summed E-state index contributed by atoms with van der Waals surface area (Å²) in [4.78, 5) is 0. The Morgan fingerprint density at radius 1 is 0.450 bits per heavy atom. The molecule has 0 aromatic carbocycles. The van der Waals surface area contributed by atoms with Gasteiger partial charge in [-0.25, -0.2) is 0 Å². The first-order valence-corrected chi connectivity index (χ1v) is 10.1. The van der Waals surface area contributed by atoms with Gasteiger partial charge in [0.25, 0.3) is 0 Å². The molecule has 1 heteroatoms. The van der Waals surface area contributed by atoms with Gasteiger partial charge < -0.3 is 0 Å². The lowest BCUT2D eigenvalue weighted by atomic mass is 9.61. The van der Waals surface area contributed by atoms with E-state index in [2.05, 4.69) is 10.2 Å². The van der Waals surface area contributed by atoms with E-state index in [0.29, 0.717) is 5.04 Å². The molecule has 0 N–H and O–H groups in total.